The van der Waals surface area contributed by atoms with Crippen molar-refractivity contribution in [2.45, 2.75) is 47.8 Å². The summed E-state index contributed by atoms with van der Waals surface area (Å²) in [4.78, 5) is 13.1. The van der Waals surface area contributed by atoms with Crippen LogP contribution < -0.4 is 4.74 Å². The number of rotatable bonds is 6. The minimum atomic E-state index is 0.502. The standard InChI is InChI=1S/C28H33N3OS2/c1-4-7-23-18-24-27(29-25-8-5-6-9-26(25)34-28(24)33-23)31-17-16-30(2)21(19-31)13-10-20-11-14-22(32-3)15-12-20/h5-6,8-9,11-12,14-15,18,21H,4,7,10,13,16-17,19H2,1-3H3/t21-/m0/s1. The van der Waals surface area contributed by atoms with Crippen LogP contribution in [-0.4, -0.2) is 55.5 Å². The van der Waals surface area contributed by atoms with Crippen LogP contribution in [0.25, 0.3) is 0 Å². The number of benzene rings is 2. The number of amidine groups is 1. The zero-order chi connectivity index (χ0) is 23.5. The Kier molecular flexibility index (Phi) is 7.28. The van der Waals surface area contributed by atoms with E-state index in [0.29, 0.717) is 6.04 Å². The van der Waals surface area contributed by atoms with Gasteiger partial charge in [0.05, 0.1) is 17.0 Å². The number of piperazine rings is 1. The molecule has 34 heavy (non-hydrogen) atoms. The lowest BCUT2D eigenvalue weighted by Crippen LogP contribution is -2.53. The zero-order valence-corrected chi connectivity index (χ0v) is 21.9. The van der Waals surface area contributed by atoms with E-state index in [2.05, 4.69) is 78.4 Å². The fourth-order valence-electron chi connectivity index (χ4n) is 4.75. The molecular weight excluding hydrogens is 458 g/mol. The number of fused-ring (bicyclic) bond motifs is 2. The van der Waals surface area contributed by atoms with E-state index in [1.54, 1.807) is 7.11 Å². The van der Waals surface area contributed by atoms with Crippen LogP contribution >= 0.6 is 23.1 Å². The molecule has 3 heterocycles. The Morgan fingerprint density at radius 3 is 2.68 bits per heavy atom. The van der Waals surface area contributed by atoms with Crippen molar-refractivity contribution in [3.8, 4) is 5.75 Å². The minimum Gasteiger partial charge on any atom is -0.497 e. The molecule has 6 heteroatoms. The number of methoxy groups -OCH3 is 1. The third kappa shape index (κ3) is 5.04. The van der Waals surface area contributed by atoms with E-state index >= 15 is 0 Å². The molecule has 1 saturated heterocycles. The van der Waals surface area contributed by atoms with Gasteiger partial charge in [-0.2, -0.15) is 0 Å². The van der Waals surface area contributed by atoms with Crippen molar-refractivity contribution in [3.05, 3.63) is 70.6 Å². The molecule has 5 rings (SSSR count). The highest BCUT2D eigenvalue weighted by molar-refractivity contribution is 8.01. The largest absolute Gasteiger partial charge is 0.497 e. The molecule has 0 aliphatic carbocycles. The first-order valence-corrected chi connectivity index (χ1v) is 13.8. The molecule has 4 nitrogen and oxygen atoms in total. The molecule has 2 aromatic carbocycles. The van der Waals surface area contributed by atoms with E-state index in [-0.39, 0.29) is 0 Å². The molecule has 2 aliphatic rings. The zero-order valence-electron chi connectivity index (χ0n) is 20.3. The number of likely N-dealkylation sites (N-methyl/N-ethyl adjacent to an activating group) is 1. The molecule has 1 atom stereocenters. The Balaban J connectivity index is 1.39. The van der Waals surface area contributed by atoms with Gasteiger partial charge in [0.2, 0.25) is 0 Å². The third-order valence-electron chi connectivity index (χ3n) is 6.78. The molecule has 0 saturated carbocycles. The second-order valence-electron chi connectivity index (χ2n) is 9.14. The number of para-hydroxylation sites is 1. The molecule has 0 bridgehead atoms. The van der Waals surface area contributed by atoms with Crippen molar-refractivity contribution in [1.29, 1.82) is 0 Å². The molecule has 0 unspecified atom stereocenters. The first-order valence-electron chi connectivity index (χ1n) is 12.2. The number of ether oxygens (including phenoxy) is 1. The van der Waals surface area contributed by atoms with Gasteiger partial charge in [-0.15, -0.1) is 11.3 Å². The third-order valence-corrected chi connectivity index (χ3v) is 9.24. The lowest BCUT2D eigenvalue weighted by atomic mass is 10.0. The van der Waals surface area contributed by atoms with Crippen molar-refractivity contribution in [3.63, 3.8) is 0 Å². The van der Waals surface area contributed by atoms with E-state index in [9.17, 15) is 0 Å². The van der Waals surface area contributed by atoms with Crippen LogP contribution in [0.15, 0.2) is 68.7 Å². The van der Waals surface area contributed by atoms with Gasteiger partial charge in [0.15, 0.2) is 0 Å². The van der Waals surface area contributed by atoms with Crippen LogP contribution in [0.1, 0.15) is 35.8 Å². The average molecular weight is 492 g/mol. The van der Waals surface area contributed by atoms with Crippen LogP contribution in [0.4, 0.5) is 5.69 Å². The van der Waals surface area contributed by atoms with Gasteiger partial charge in [0.25, 0.3) is 0 Å². The van der Waals surface area contributed by atoms with Crippen LogP contribution in [0.3, 0.4) is 0 Å². The Bertz CT molecular complexity index is 1150. The monoisotopic (exact) mass is 491 g/mol. The van der Waals surface area contributed by atoms with Gasteiger partial charge in [-0.05, 0) is 62.2 Å². The molecule has 1 fully saturated rings. The highest BCUT2D eigenvalue weighted by Gasteiger charge is 2.30. The van der Waals surface area contributed by atoms with Crippen molar-refractivity contribution in [2.75, 3.05) is 33.8 Å². The van der Waals surface area contributed by atoms with Crippen LogP contribution in [0.5, 0.6) is 5.75 Å². The normalized spacial score (nSPS) is 18.1. The van der Waals surface area contributed by atoms with E-state index in [4.69, 9.17) is 9.73 Å². The second-order valence-corrected chi connectivity index (χ2v) is 11.6. The highest BCUT2D eigenvalue weighted by Crippen LogP contribution is 2.45. The Morgan fingerprint density at radius 2 is 1.88 bits per heavy atom. The van der Waals surface area contributed by atoms with Gasteiger partial charge in [-0.1, -0.05) is 49.4 Å². The first kappa shape index (κ1) is 23.5. The molecular formula is C28H33N3OS2. The number of thiophene rings is 1. The lowest BCUT2D eigenvalue weighted by Gasteiger charge is -2.41. The fraction of sp³-hybridized carbons (Fsp3) is 0.393. The number of aliphatic imine (C=N–C) groups is 1. The predicted molar refractivity (Wildman–Crippen MR) is 144 cm³/mol. The smallest absolute Gasteiger partial charge is 0.138 e. The molecule has 0 N–H and O–H groups in total. The van der Waals surface area contributed by atoms with Gasteiger partial charge in [-0.25, -0.2) is 4.99 Å². The summed E-state index contributed by atoms with van der Waals surface area (Å²) in [5.41, 5.74) is 3.79. The Morgan fingerprint density at radius 1 is 1.06 bits per heavy atom. The maximum Gasteiger partial charge on any atom is 0.138 e. The van der Waals surface area contributed by atoms with E-state index in [0.717, 1.165) is 56.2 Å². The van der Waals surface area contributed by atoms with Gasteiger partial charge in [-0.3, -0.25) is 4.90 Å². The van der Waals surface area contributed by atoms with Gasteiger partial charge in [0.1, 0.15) is 11.6 Å². The summed E-state index contributed by atoms with van der Waals surface area (Å²) in [6.45, 7) is 5.34. The SMILES string of the molecule is CCCc1cc2c(s1)Sc1ccccc1N=C2N1CCN(C)[C@@H](CCc2ccc(OC)cc2)C1. The van der Waals surface area contributed by atoms with Gasteiger partial charge >= 0.3 is 0 Å². The van der Waals surface area contributed by atoms with Crippen LogP contribution in [0, 0.1) is 0 Å². The molecule has 0 spiro atoms. The molecule has 0 amide bonds. The van der Waals surface area contributed by atoms with E-state index < -0.39 is 0 Å². The Hall–Kier alpha value is -2.28. The summed E-state index contributed by atoms with van der Waals surface area (Å²) in [5, 5.41) is 0. The van der Waals surface area contributed by atoms with Crippen LogP contribution in [0.2, 0.25) is 0 Å². The summed E-state index contributed by atoms with van der Waals surface area (Å²) in [5.74, 6) is 2.08. The van der Waals surface area contributed by atoms with Gasteiger partial charge < -0.3 is 9.64 Å². The maximum absolute atomic E-state index is 5.31. The predicted octanol–water partition coefficient (Wildman–Crippen LogP) is 6.50. The molecule has 1 aromatic heterocycles. The molecule has 2 aliphatic heterocycles. The van der Waals surface area contributed by atoms with Crippen LogP contribution in [-0.2, 0) is 12.8 Å². The molecule has 178 valence electrons. The van der Waals surface area contributed by atoms with Crippen molar-refractivity contribution in [1.82, 2.24) is 9.80 Å². The van der Waals surface area contributed by atoms with E-state index in [1.165, 1.54) is 31.5 Å². The summed E-state index contributed by atoms with van der Waals surface area (Å²) >= 11 is 3.84. The fourth-order valence-corrected chi connectivity index (χ4v) is 7.31. The second kappa shape index (κ2) is 10.5. The minimum absolute atomic E-state index is 0.502. The number of hydrogen-bond acceptors (Lipinski definition) is 6. The average Bonchev–Trinajstić information content (AvgIpc) is 3.18. The maximum atomic E-state index is 5.31. The summed E-state index contributed by atoms with van der Waals surface area (Å²) in [7, 11) is 3.99. The first-order chi connectivity index (χ1) is 16.6. The van der Waals surface area contributed by atoms with E-state index in [1.807, 2.05) is 23.1 Å². The van der Waals surface area contributed by atoms with Crippen molar-refractivity contribution in [2.24, 2.45) is 4.99 Å². The van der Waals surface area contributed by atoms with Crippen molar-refractivity contribution < 1.29 is 4.74 Å². The number of hydrogen-bond donors (Lipinski definition) is 0. The Labute approximate surface area is 211 Å². The molecule has 0 radical (unpaired) electrons. The topological polar surface area (TPSA) is 28.1 Å². The highest BCUT2D eigenvalue weighted by atomic mass is 32.2. The quantitative estimate of drug-likeness (QED) is 0.393. The van der Waals surface area contributed by atoms with Gasteiger partial charge in [0, 0.05) is 41.0 Å². The number of nitrogens with zero attached hydrogens (tertiary/aromatic N) is 3. The lowest BCUT2D eigenvalue weighted by molar-refractivity contribution is 0.134. The number of aryl methyl sites for hydroxylation is 2. The summed E-state index contributed by atoms with van der Waals surface area (Å²) in [6.07, 6.45) is 4.52. The summed E-state index contributed by atoms with van der Waals surface area (Å²) < 4.78 is 6.70. The summed E-state index contributed by atoms with van der Waals surface area (Å²) in [6, 6.07) is 20.0. The van der Waals surface area contributed by atoms with Crippen molar-refractivity contribution >= 4 is 34.6 Å². The molecule has 3 aromatic rings.